The zero-order valence-electron chi connectivity index (χ0n) is 15.6. The smallest absolute Gasteiger partial charge is 0.160 e. The lowest BCUT2D eigenvalue weighted by atomic mass is 10.2. The Balaban J connectivity index is 1.70. The Bertz CT molecular complexity index is 1110. The number of hydrogen-bond donors (Lipinski definition) is 1. The molecule has 28 heavy (non-hydrogen) atoms. The van der Waals surface area contributed by atoms with E-state index < -0.39 is 0 Å². The Hall–Kier alpha value is -3.54. The summed E-state index contributed by atoms with van der Waals surface area (Å²) < 4.78 is 25.9. The number of benzene rings is 3. The summed E-state index contributed by atoms with van der Waals surface area (Å²) >= 11 is 0. The van der Waals surface area contributed by atoms with Gasteiger partial charge < -0.3 is 14.8 Å². The summed E-state index contributed by atoms with van der Waals surface area (Å²) in [5.41, 5.74) is 2.77. The van der Waals surface area contributed by atoms with Crippen molar-refractivity contribution in [2.75, 3.05) is 19.5 Å². The number of nitrogens with zero attached hydrogens (tertiary/aromatic N) is 2. The molecule has 0 saturated heterocycles. The van der Waals surface area contributed by atoms with E-state index in [1.807, 2.05) is 53.2 Å². The van der Waals surface area contributed by atoms with Gasteiger partial charge in [0.1, 0.15) is 17.3 Å². The molecule has 0 aliphatic rings. The number of rotatable bonds is 6. The molecule has 0 bridgehead atoms. The topological polar surface area (TPSA) is 48.3 Å². The fraction of sp³-hybridized carbons (Fsp3) is 0.136. The first-order valence-electron chi connectivity index (χ1n) is 8.87. The number of hydrogen-bond acceptors (Lipinski definition) is 4. The molecule has 0 atom stereocenters. The molecule has 4 rings (SSSR count). The minimum Gasteiger partial charge on any atom is -0.497 e. The van der Waals surface area contributed by atoms with Crippen molar-refractivity contribution >= 4 is 22.4 Å². The van der Waals surface area contributed by atoms with Crippen molar-refractivity contribution in [2.24, 2.45) is 0 Å². The van der Waals surface area contributed by atoms with Crippen LogP contribution >= 0.6 is 0 Å². The number of halogens is 1. The van der Waals surface area contributed by atoms with Crippen molar-refractivity contribution in [1.82, 2.24) is 9.78 Å². The van der Waals surface area contributed by atoms with Crippen molar-refractivity contribution in [1.29, 1.82) is 0 Å². The molecule has 0 radical (unpaired) electrons. The van der Waals surface area contributed by atoms with Crippen molar-refractivity contribution < 1.29 is 13.9 Å². The van der Waals surface area contributed by atoms with Gasteiger partial charge in [-0.2, -0.15) is 5.10 Å². The summed E-state index contributed by atoms with van der Waals surface area (Å²) in [5.74, 6) is 1.58. The predicted molar refractivity (Wildman–Crippen MR) is 108 cm³/mol. The molecular formula is C22H20FN3O2. The van der Waals surface area contributed by atoms with Crippen LogP contribution in [0.2, 0.25) is 0 Å². The summed E-state index contributed by atoms with van der Waals surface area (Å²) in [6, 6.07) is 20.3. The van der Waals surface area contributed by atoms with Gasteiger partial charge in [0.25, 0.3) is 0 Å². The van der Waals surface area contributed by atoms with Crippen molar-refractivity contribution in [3.05, 3.63) is 78.1 Å². The highest BCUT2D eigenvalue weighted by Crippen LogP contribution is 2.31. The van der Waals surface area contributed by atoms with Gasteiger partial charge >= 0.3 is 0 Å². The maximum absolute atomic E-state index is 13.5. The molecule has 3 aromatic carbocycles. The van der Waals surface area contributed by atoms with Crippen LogP contribution in [-0.4, -0.2) is 24.0 Å². The molecule has 4 aromatic rings. The van der Waals surface area contributed by atoms with Crippen molar-refractivity contribution in [3.8, 4) is 11.5 Å². The van der Waals surface area contributed by atoms with Gasteiger partial charge in [-0.05, 0) is 42.0 Å². The zero-order valence-corrected chi connectivity index (χ0v) is 15.6. The minimum atomic E-state index is -0.350. The molecule has 0 aliphatic heterocycles. The second kappa shape index (κ2) is 7.60. The summed E-state index contributed by atoms with van der Waals surface area (Å²) in [7, 11) is 3.16. The first kappa shape index (κ1) is 17.9. The van der Waals surface area contributed by atoms with Crippen molar-refractivity contribution in [2.45, 2.75) is 6.54 Å². The third-order valence-corrected chi connectivity index (χ3v) is 4.57. The lowest BCUT2D eigenvalue weighted by molar-refractivity contribution is 0.413. The molecule has 1 aromatic heterocycles. The number of methoxy groups -OCH3 is 2. The van der Waals surface area contributed by atoms with Gasteiger partial charge in [0.2, 0.25) is 0 Å². The average molecular weight is 377 g/mol. The quantitative estimate of drug-likeness (QED) is 0.515. The van der Waals surface area contributed by atoms with Crippen LogP contribution in [0.4, 0.5) is 15.9 Å². The first-order chi connectivity index (χ1) is 13.7. The molecule has 1 N–H and O–H groups in total. The highest BCUT2D eigenvalue weighted by atomic mass is 19.1. The maximum atomic E-state index is 13.5. The summed E-state index contributed by atoms with van der Waals surface area (Å²) in [5, 5.41) is 8.99. The van der Waals surface area contributed by atoms with Crippen LogP contribution in [0, 0.1) is 5.82 Å². The maximum Gasteiger partial charge on any atom is 0.160 e. The van der Waals surface area contributed by atoms with E-state index >= 15 is 0 Å². The third kappa shape index (κ3) is 3.49. The van der Waals surface area contributed by atoms with Gasteiger partial charge in [0.15, 0.2) is 5.82 Å². The lowest BCUT2D eigenvalue weighted by Crippen LogP contribution is -2.02. The van der Waals surface area contributed by atoms with Crippen molar-refractivity contribution in [3.63, 3.8) is 0 Å². The monoisotopic (exact) mass is 377 g/mol. The number of anilines is 2. The fourth-order valence-corrected chi connectivity index (χ4v) is 3.14. The molecule has 0 fully saturated rings. The third-order valence-electron chi connectivity index (χ3n) is 4.57. The number of fused-ring (bicyclic) bond motifs is 1. The lowest BCUT2D eigenvalue weighted by Gasteiger charge is -2.09. The standard InChI is InChI=1S/C22H20FN3O2/c1-27-17-10-7-15(8-11-17)14-26-20-6-4-3-5-18(20)22(25-26)24-19-12-9-16(23)13-21(19)28-2/h3-13H,14H2,1-2H3,(H,24,25). The predicted octanol–water partition coefficient (Wildman–Crippen LogP) is 4.98. The highest BCUT2D eigenvalue weighted by Gasteiger charge is 2.13. The Kier molecular flexibility index (Phi) is 4.85. The van der Waals surface area contributed by atoms with Crippen LogP contribution in [0.15, 0.2) is 66.7 Å². The molecule has 0 unspecified atom stereocenters. The molecule has 0 amide bonds. The van der Waals surface area contributed by atoms with E-state index in [4.69, 9.17) is 14.6 Å². The molecule has 0 saturated carbocycles. The average Bonchev–Trinajstić information content (AvgIpc) is 3.07. The van der Waals surface area contributed by atoms with E-state index in [0.29, 0.717) is 23.8 Å². The molecular weight excluding hydrogens is 357 g/mol. The van der Waals surface area contributed by atoms with E-state index in [1.165, 1.54) is 19.2 Å². The van der Waals surface area contributed by atoms with Gasteiger partial charge in [-0.1, -0.05) is 24.3 Å². The van der Waals surface area contributed by atoms with E-state index in [0.717, 1.165) is 22.2 Å². The van der Waals surface area contributed by atoms with Crippen LogP contribution in [0.5, 0.6) is 11.5 Å². The molecule has 5 nitrogen and oxygen atoms in total. The van der Waals surface area contributed by atoms with Crippen LogP contribution in [0.1, 0.15) is 5.56 Å². The highest BCUT2D eigenvalue weighted by molar-refractivity contribution is 5.92. The molecule has 0 aliphatic carbocycles. The van der Waals surface area contributed by atoms with Gasteiger partial charge in [-0.15, -0.1) is 0 Å². The Morgan fingerprint density at radius 1 is 0.964 bits per heavy atom. The van der Waals surface area contributed by atoms with Crippen LogP contribution < -0.4 is 14.8 Å². The largest absolute Gasteiger partial charge is 0.497 e. The summed E-state index contributed by atoms with van der Waals surface area (Å²) in [4.78, 5) is 0. The minimum absolute atomic E-state index is 0.350. The van der Waals surface area contributed by atoms with Crippen LogP contribution in [0.3, 0.4) is 0 Å². The van der Waals surface area contributed by atoms with Crippen LogP contribution in [0.25, 0.3) is 10.9 Å². The number of aromatic nitrogens is 2. The first-order valence-corrected chi connectivity index (χ1v) is 8.87. The Morgan fingerprint density at radius 3 is 2.50 bits per heavy atom. The Morgan fingerprint density at radius 2 is 1.75 bits per heavy atom. The summed E-state index contributed by atoms with van der Waals surface area (Å²) in [6.45, 7) is 0.618. The second-order valence-electron chi connectivity index (χ2n) is 6.34. The summed E-state index contributed by atoms with van der Waals surface area (Å²) in [6.07, 6.45) is 0. The molecule has 6 heteroatoms. The van der Waals surface area contributed by atoms with Gasteiger partial charge in [-0.25, -0.2) is 4.39 Å². The van der Waals surface area contributed by atoms with Gasteiger partial charge in [-0.3, -0.25) is 4.68 Å². The number of ether oxygens (including phenoxy) is 2. The van der Waals surface area contributed by atoms with Gasteiger partial charge in [0.05, 0.1) is 32.0 Å². The van der Waals surface area contributed by atoms with E-state index in [2.05, 4.69) is 5.32 Å². The van der Waals surface area contributed by atoms with E-state index in [1.54, 1.807) is 13.2 Å². The zero-order chi connectivity index (χ0) is 19.5. The van der Waals surface area contributed by atoms with Gasteiger partial charge in [0, 0.05) is 11.5 Å². The Labute approximate surface area is 162 Å². The number of nitrogens with one attached hydrogen (secondary N) is 1. The van der Waals surface area contributed by atoms with E-state index in [9.17, 15) is 4.39 Å². The molecule has 0 spiro atoms. The van der Waals surface area contributed by atoms with Crippen LogP contribution in [-0.2, 0) is 6.54 Å². The fourth-order valence-electron chi connectivity index (χ4n) is 3.14. The molecule has 142 valence electrons. The SMILES string of the molecule is COc1ccc(Cn2nc(Nc3ccc(F)cc3OC)c3ccccc32)cc1. The normalized spacial score (nSPS) is 10.8. The second-order valence-corrected chi connectivity index (χ2v) is 6.34. The number of para-hydroxylation sites is 1. The van der Waals surface area contributed by atoms with E-state index in [-0.39, 0.29) is 5.82 Å². The molecule has 1 heterocycles.